The molecule has 1 amide bonds. The molecule has 1 aliphatic heterocycles. The van der Waals surface area contributed by atoms with E-state index in [4.69, 9.17) is 4.74 Å². The molecule has 1 saturated heterocycles. The van der Waals surface area contributed by atoms with Crippen LogP contribution in [0.1, 0.15) is 23.7 Å². The van der Waals surface area contributed by atoms with E-state index in [-0.39, 0.29) is 11.9 Å². The van der Waals surface area contributed by atoms with Gasteiger partial charge in [-0.1, -0.05) is 11.6 Å². The maximum atomic E-state index is 11.8. The Bertz CT molecular complexity index is 490. The molecule has 1 aromatic carbocycles. The molecule has 1 fully saturated rings. The van der Waals surface area contributed by atoms with Crippen molar-refractivity contribution in [3.05, 3.63) is 29.3 Å². The number of rotatable bonds is 5. The van der Waals surface area contributed by atoms with E-state index in [9.17, 15) is 9.90 Å². The zero-order valence-electron chi connectivity index (χ0n) is 12.2. The van der Waals surface area contributed by atoms with Crippen molar-refractivity contribution in [2.24, 2.45) is 0 Å². The topological polar surface area (TPSA) is 61.8 Å². The number of aryl methyl sites for hydroxylation is 1. The summed E-state index contributed by atoms with van der Waals surface area (Å²) in [6.07, 6.45) is 0.0936. The van der Waals surface area contributed by atoms with Crippen molar-refractivity contribution in [1.82, 2.24) is 10.2 Å². The molecule has 0 spiro atoms. The summed E-state index contributed by atoms with van der Waals surface area (Å²) in [5.41, 5.74) is 1.82. The predicted octanol–water partition coefficient (Wildman–Crippen LogP) is 0.857. The van der Waals surface area contributed by atoms with E-state index in [0.29, 0.717) is 12.3 Å². The highest BCUT2D eigenvalue weighted by atomic mass is 16.5. The molecule has 1 aromatic rings. The second kappa shape index (κ2) is 6.24. The second-order valence-electron chi connectivity index (χ2n) is 5.27. The number of carbonyl (C=O) groups is 1. The van der Waals surface area contributed by atoms with Crippen LogP contribution in [0.25, 0.3) is 0 Å². The molecule has 5 nitrogen and oxygen atoms in total. The Morgan fingerprint density at radius 3 is 2.90 bits per heavy atom. The number of aliphatic hydroxyl groups excluding tert-OH is 1. The molecule has 110 valence electrons. The van der Waals surface area contributed by atoms with Crippen molar-refractivity contribution >= 4 is 5.91 Å². The zero-order valence-corrected chi connectivity index (χ0v) is 12.2. The summed E-state index contributed by atoms with van der Waals surface area (Å²) in [6, 6.07) is 5.51. The van der Waals surface area contributed by atoms with E-state index < -0.39 is 6.10 Å². The Morgan fingerprint density at radius 2 is 2.30 bits per heavy atom. The van der Waals surface area contributed by atoms with Gasteiger partial charge in [-0.15, -0.1) is 0 Å². The average Bonchev–Trinajstić information content (AvgIpc) is 2.76. The molecule has 2 unspecified atom stereocenters. The Labute approximate surface area is 119 Å². The summed E-state index contributed by atoms with van der Waals surface area (Å²) in [5, 5.41) is 13.4. The molecule has 0 saturated carbocycles. The first-order valence-electron chi connectivity index (χ1n) is 6.84. The molecule has 5 heteroatoms. The number of nitrogens with one attached hydrogen (secondary N) is 1. The van der Waals surface area contributed by atoms with Crippen molar-refractivity contribution in [3.8, 4) is 5.75 Å². The SMILES string of the molecule is COc1ccc(C)cc1C(O)CNC1CCN(C)C1=O. The molecule has 0 aliphatic carbocycles. The third-order valence-corrected chi connectivity index (χ3v) is 3.73. The van der Waals surface area contributed by atoms with Crippen LogP contribution in [-0.2, 0) is 4.79 Å². The minimum absolute atomic E-state index is 0.0911. The Balaban J connectivity index is 2.00. The van der Waals surface area contributed by atoms with Gasteiger partial charge in [0.05, 0.1) is 19.3 Å². The molecular weight excluding hydrogens is 256 g/mol. The van der Waals surface area contributed by atoms with Crippen LogP contribution in [0.5, 0.6) is 5.75 Å². The third-order valence-electron chi connectivity index (χ3n) is 3.73. The van der Waals surface area contributed by atoms with Crippen LogP contribution < -0.4 is 10.1 Å². The third kappa shape index (κ3) is 3.11. The lowest BCUT2D eigenvalue weighted by Gasteiger charge is -2.18. The van der Waals surface area contributed by atoms with Gasteiger partial charge in [-0.25, -0.2) is 0 Å². The van der Waals surface area contributed by atoms with Crippen molar-refractivity contribution in [2.45, 2.75) is 25.5 Å². The minimum Gasteiger partial charge on any atom is -0.496 e. The van der Waals surface area contributed by atoms with Gasteiger partial charge < -0.3 is 20.1 Å². The standard InChI is InChI=1S/C15H22N2O3/c1-10-4-5-14(20-3)11(8-10)13(18)9-16-12-6-7-17(2)15(12)19/h4-5,8,12-13,16,18H,6-7,9H2,1-3H3. The number of methoxy groups -OCH3 is 1. The fraction of sp³-hybridized carbons (Fsp3) is 0.533. The van der Waals surface area contributed by atoms with Crippen molar-refractivity contribution < 1.29 is 14.6 Å². The molecular formula is C15H22N2O3. The van der Waals surface area contributed by atoms with Crippen molar-refractivity contribution in [2.75, 3.05) is 27.2 Å². The molecule has 1 aliphatic rings. The first-order chi connectivity index (χ1) is 9.52. The van der Waals surface area contributed by atoms with E-state index >= 15 is 0 Å². The second-order valence-corrected chi connectivity index (χ2v) is 5.27. The van der Waals surface area contributed by atoms with Gasteiger partial charge >= 0.3 is 0 Å². The van der Waals surface area contributed by atoms with Gasteiger partial charge in [0.15, 0.2) is 0 Å². The number of amides is 1. The number of benzene rings is 1. The zero-order chi connectivity index (χ0) is 14.7. The molecule has 1 heterocycles. The maximum Gasteiger partial charge on any atom is 0.239 e. The molecule has 2 atom stereocenters. The molecule has 0 aromatic heterocycles. The van der Waals surface area contributed by atoms with Gasteiger partial charge in [0.1, 0.15) is 5.75 Å². The summed E-state index contributed by atoms with van der Waals surface area (Å²) in [5.74, 6) is 0.758. The predicted molar refractivity (Wildman–Crippen MR) is 76.7 cm³/mol. The quantitative estimate of drug-likeness (QED) is 0.838. The van der Waals surface area contributed by atoms with Gasteiger partial charge in [-0.2, -0.15) is 0 Å². The van der Waals surface area contributed by atoms with Crippen LogP contribution in [0, 0.1) is 6.92 Å². The summed E-state index contributed by atoms with van der Waals surface area (Å²) in [6.45, 7) is 3.07. The fourth-order valence-electron chi connectivity index (χ4n) is 2.49. The fourth-order valence-corrected chi connectivity index (χ4v) is 2.49. The van der Waals surface area contributed by atoms with Gasteiger partial charge in [-0.3, -0.25) is 4.79 Å². The van der Waals surface area contributed by atoms with Crippen LogP contribution in [0.2, 0.25) is 0 Å². The number of likely N-dealkylation sites (N-methyl/N-ethyl adjacent to an activating group) is 1. The summed E-state index contributed by atoms with van der Waals surface area (Å²) in [4.78, 5) is 13.5. The summed E-state index contributed by atoms with van der Waals surface area (Å²) in [7, 11) is 3.38. The number of hydrogen-bond acceptors (Lipinski definition) is 4. The van der Waals surface area contributed by atoms with E-state index in [2.05, 4.69) is 5.32 Å². The minimum atomic E-state index is -0.691. The van der Waals surface area contributed by atoms with E-state index in [0.717, 1.165) is 24.1 Å². The van der Waals surface area contributed by atoms with Crippen molar-refractivity contribution in [1.29, 1.82) is 0 Å². The maximum absolute atomic E-state index is 11.8. The van der Waals surface area contributed by atoms with Crippen LogP contribution in [0.3, 0.4) is 0 Å². The monoisotopic (exact) mass is 278 g/mol. The molecule has 0 radical (unpaired) electrons. The number of carbonyl (C=O) groups excluding carboxylic acids is 1. The van der Waals surface area contributed by atoms with Crippen LogP contribution in [0.15, 0.2) is 18.2 Å². The Hall–Kier alpha value is -1.59. The van der Waals surface area contributed by atoms with Gasteiger partial charge in [0.25, 0.3) is 0 Å². The number of ether oxygens (including phenoxy) is 1. The molecule has 2 rings (SSSR count). The first kappa shape index (κ1) is 14.8. The number of nitrogens with zero attached hydrogens (tertiary/aromatic N) is 1. The highest BCUT2D eigenvalue weighted by Gasteiger charge is 2.29. The van der Waals surface area contributed by atoms with Crippen LogP contribution >= 0.6 is 0 Å². The van der Waals surface area contributed by atoms with Crippen molar-refractivity contribution in [3.63, 3.8) is 0 Å². The summed E-state index contributed by atoms with van der Waals surface area (Å²) >= 11 is 0. The van der Waals surface area contributed by atoms with E-state index in [1.54, 1.807) is 19.1 Å². The normalized spacial score (nSPS) is 20.3. The Kier molecular flexibility index (Phi) is 4.62. The van der Waals surface area contributed by atoms with Gasteiger partial charge in [0.2, 0.25) is 5.91 Å². The summed E-state index contributed by atoms with van der Waals surface area (Å²) < 4.78 is 5.27. The van der Waals surface area contributed by atoms with Gasteiger partial charge in [0, 0.05) is 25.7 Å². The highest BCUT2D eigenvalue weighted by Crippen LogP contribution is 2.26. The van der Waals surface area contributed by atoms with Crippen LogP contribution in [0.4, 0.5) is 0 Å². The van der Waals surface area contributed by atoms with Gasteiger partial charge in [-0.05, 0) is 25.5 Å². The molecule has 20 heavy (non-hydrogen) atoms. The number of likely N-dealkylation sites (tertiary alicyclic amines) is 1. The lowest BCUT2D eigenvalue weighted by Crippen LogP contribution is -2.39. The lowest BCUT2D eigenvalue weighted by molar-refractivity contribution is -0.128. The molecule has 2 N–H and O–H groups in total. The average molecular weight is 278 g/mol. The molecule has 0 bridgehead atoms. The number of aliphatic hydroxyl groups is 1. The smallest absolute Gasteiger partial charge is 0.239 e. The largest absolute Gasteiger partial charge is 0.496 e. The van der Waals surface area contributed by atoms with E-state index in [1.165, 1.54) is 0 Å². The lowest BCUT2D eigenvalue weighted by atomic mass is 10.0. The first-order valence-corrected chi connectivity index (χ1v) is 6.84. The van der Waals surface area contributed by atoms with E-state index in [1.807, 2.05) is 25.1 Å². The van der Waals surface area contributed by atoms with Crippen LogP contribution in [-0.4, -0.2) is 49.2 Å². The Morgan fingerprint density at radius 1 is 1.55 bits per heavy atom. The highest BCUT2D eigenvalue weighted by molar-refractivity contribution is 5.83. The number of hydrogen-bond donors (Lipinski definition) is 2.